The monoisotopic (exact) mass is 139 g/mol. The number of aromatic nitrogens is 2. The summed E-state index contributed by atoms with van der Waals surface area (Å²) in [6.07, 6.45) is 6.68. The zero-order valence-corrected chi connectivity index (χ0v) is 5.77. The van der Waals surface area contributed by atoms with E-state index in [0.717, 1.165) is 4.74 Å². The molecule has 0 aliphatic heterocycles. The highest BCUT2D eigenvalue weighted by molar-refractivity contribution is 5.50. The van der Waals surface area contributed by atoms with E-state index in [0.29, 0.717) is 6.54 Å². The number of hydrogen-bond acceptors (Lipinski definition) is 2. The second kappa shape index (κ2) is 3.00. The fourth-order valence-electron chi connectivity index (χ4n) is 0.604. The number of imidazole rings is 1. The van der Waals surface area contributed by atoms with E-state index in [4.69, 9.17) is 0 Å². The molecule has 0 saturated heterocycles. The average Bonchev–Trinajstić information content (AvgIpc) is 2.34. The molecule has 1 rings (SSSR count). The number of nitrogens with zero attached hydrogens (tertiary/aromatic N) is 3. The van der Waals surface area contributed by atoms with Crippen molar-refractivity contribution in [3.05, 3.63) is 23.9 Å². The highest BCUT2D eigenvalue weighted by Crippen LogP contribution is 1.81. The highest BCUT2D eigenvalue weighted by atomic mass is 16.5. The van der Waals surface area contributed by atoms with E-state index in [-0.39, 0.29) is 0 Å². The third-order valence-corrected chi connectivity index (χ3v) is 1.11. The van der Waals surface area contributed by atoms with E-state index >= 15 is 0 Å². The van der Waals surface area contributed by atoms with E-state index in [2.05, 4.69) is 4.98 Å². The van der Waals surface area contributed by atoms with Gasteiger partial charge in [0.25, 0.3) is 0 Å². The molecule has 0 fully saturated rings. The van der Waals surface area contributed by atoms with E-state index in [1.165, 1.54) is 13.3 Å². The van der Waals surface area contributed by atoms with Crippen molar-refractivity contribution in [3.8, 4) is 0 Å². The molecule has 1 aromatic rings. The van der Waals surface area contributed by atoms with Gasteiger partial charge in [-0.1, -0.05) is 0 Å². The molecule has 0 amide bonds. The van der Waals surface area contributed by atoms with E-state index in [9.17, 15) is 5.21 Å². The quantitative estimate of drug-likeness (QED) is 0.252. The fraction of sp³-hybridized carbons (Fsp3) is 0.333. The van der Waals surface area contributed by atoms with Crippen molar-refractivity contribution in [1.82, 2.24) is 9.55 Å². The number of hydrogen-bond donors (Lipinski definition) is 0. The molecule has 0 aromatic carbocycles. The van der Waals surface area contributed by atoms with Gasteiger partial charge in [-0.3, -0.25) is 0 Å². The number of hydroxylamine groups is 1. The van der Waals surface area contributed by atoms with Gasteiger partial charge in [0.05, 0.1) is 6.33 Å². The minimum absolute atomic E-state index is 0.583. The van der Waals surface area contributed by atoms with Gasteiger partial charge in [0.15, 0.2) is 6.21 Å². The first-order chi connectivity index (χ1) is 4.79. The maximum atomic E-state index is 10.4. The standard InChI is InChI=1S/C6H9N3O/c1-8(10)4-5-9-3-2-7-6-9/h2-4,6H,5H2,1H3/b8-4-. The Morgan fingerprint density at radius 2 is 2.60 bits per heavy atom. The van der Waals surface area contributed by atoms with Crippen molar-refractivity contribution in [3.63, 3.8) is 0 Å². The van der Waals surface area contributed by atoms with Gasteiger partial charge in [0.2, 0.25) is 0 Å². The van der Waals surface area contributed by atoms with Crippen LogP contribution in [0.5, 0.6) is 0 Å². The molecule has 0 N–H and O–H groups in total. The van der Waals surface area contributed by atoms with Crippen LogP contribution in [0, 0.1) is 5.21 Å². The summed E-state index contributed by atoms with van der Waals surface area (Å²) in [4.78, 5) is 3.82. The summed E-state index contributed by atoms with van der Waals surface area (Å²) < 4.78 is 2.59. The average molecular weight is 139 g/mol. The molecule has 0 aliphatic carbocycles. The van der Waals surface area contributed by atoms with Gasteiger partial charge in [-0.15, -0.1) is 0 Å². The molecule has 4 heteroatoms. The van der Waals surface area contributed by atoms with Crippen molar-refractivity contribution in [2.45, 2.75) is 6.54 Å². The van der Waals surface area contributed by atoms with Crippen LogP contribution in [0.2, 0.25) is 0 Å². The van der Waals surface area contributed by atoms with Crippen LogP contribution in [0.1, 0.15) is 0 Å². The molecule has 4 nitrogen and oxygen atoms in total. The summed E-state index contributed by atoms with van der Waals surface area (Å²) in [6, 6.07) is 0. The van der Waals surface area contributed by atoms with E-state index < -0.39 is 0 Å². The van der Waals surface area contributed by atoms with Crippen molar-refractivity contribution < 1.29 is 4.74 Å². The maximum Gasteiger partial charge on any atom is 0.170 e. The molecule has 0 unspecified atom stereocenters. The smallest absolute Gasteiger partial charge is 0.170 e. The third-order valence-electron chi connectivity index (χ3n) is 1.11. The second-order valence-electron chi connectivity index (χ2n) is 1.99. The molecule has 0 atom stereocenters. The first-order valence-electron chi connectivity index (χ1n) is 2.98. The summed E-state index contributed by atoms with van der Waals surface area (Å²) in [6.45, 7) is 0.583. The topological polar surface area (TPSA) is 43.9 Å². The van der Waals surface area contributed by atoms with Gasteiger partial charge < -0.3 is 9.77 Å². The molecule has 0 saturated carbocycles. The Labute approximate surface area is 59.0 Å². The van der Waals surface area contributed by atoms with Crippen LogP contribution in [0.25, 0.3) is 0 Å². The Kier molecular flexibility index (Phi) is 2.04. The van der Waals surface area contributed by atoms with Crippen LogP contribution in [0.4, 0.5) is 0 Å². The fourth-order valence-corrected chi connectivity index (χ4v) is 0.604. The number of rotatable bonds is 2. The van der Waals surface area contributed by atoms with Crippen LogP contribution >= 0.6 is 0 Å². The van der Waals surface area contributed by atoms with Gasteiger partial charge in [0, 0.05) is 12.4 Å². The molecule has 54 valence electrons. The van der Waals surface area contributed by atoms with Gasteiger partial charge in [0.1, 0.15) is 13.6 Å². The summed E-state index contributed by atoms with van der Waals surface area (Å²) in [7, 11) is 1.46. The van der Waals surface area contributed by atoms with Crippen molar-refractivity contribution in [1.29, 1.82) is 0 Å². The lowest BCUT2D eigenvalue weighted by Crippen LogP contribution is -2.03. The minimum Gasteiger partial charge on any atom is -0.624 e. The van der Waals surface area contributed by atoms with Crippen LogP contribution < -0.4 is 0 Å². The Balaban J connectivity index is 2.49. The van der Waals surface area contributed by atoms with Crippen LogP contribution in [-0.4, -0.2) is 27.6 Å². The Morgan fingerprint density at radius 1 is 1.80 bits per heavy atom. The lowest BCUT2D eigenvalue weighted by Gasteiger charge is -1.95. The molecular weight excluding hydrogens is 130 g/mol. The minimum atomic E-state index is 0.583. The molecular formula is C6H9N3O. The maximum absolute atomic E-state index is 10.4. The largest absolute Gasteiger partial charge is 0.624 e. The zero-order chi connectivity index (χ0) is 7.40. The van der Waals surface area contributed by atoms with Crippen molar-refractivity contribution in [2.24, 2.45) is 0 Å². The molecule has 0 spiro atoms. The molecule has 10 heavy (non-hydrogen) atoms. The van der Waals surface area contributed by atoms with Gasteiger partial charge in [-0.05, 0) is 0 Å². The van der Waals surface area contributed by atoms with Crippen LogP contribution in [-0.2, 0) is 6.54 Å². The molecule has 1 aromatic heterocycles. The van der Waals surface area contributed by atoms with Gasteiger partial charge in [-0.2, -0.15) is 0 Å². The lowest BCUT2D eigenvalue weighted by molar-refractivity contribution is -0.418. The summed E-state index contributed by atoms with van der Waals surface area (Å²) >= 11 is 0. The Hall–Kier alpha value is -1.32. The van der Waals surface area contributed by atoms with Crippen molar-refractivity contribution in [2.75, 3.05) is 7.05 Å². The highest BCUT2D eigenvalue weighted by Gasteiger charge is 1.86. The Morgan fingerprint density at radius 3 is 3.10 bits per heavy atom. The molecule has 0 aliphatic rings. The lowest BCUT2D eigenvalue weighted by atomic mass is 10.7. The Bertz CT molecular complexity index is 211. The summed E-state index contributed by atoms with van der Waals surface area (Å²) in [5.41, 5.74) is 0. The van der Waals surface area contributed by atoms with Crippen molar-refractivity contribution >= 4 is 6.21 Å². The van der Waals surface area contributed by atoms with Gasteiger partial charge >= 0.3 is 0 Å². The predicted octanol–water partition coefficient (Wildman–Crippen LogP) is 0.0940. The third kappa shape index (κ3) is 1.89. The normalized spacial score (nSPS) is 11.9. The van der Waals surface area contributed by atoms with E-state index in [1.807, 2.05) is 4.57 Å². The zero-order valence-electron chi connectivity index (χ0n) is 5.77. The first-order valence-corrected chi connectivity index (χ1v) is 2.98. The van der Waals surface area contributed by atoms with Gasteiger partial charge in [-0.25, -0.2) is 9.72 Å². The predicted molar refractivity (Wildman–Crippen MR) is 37.8 cm³/mol. The molecule has 0 bridgehead atoms. The van der Waals surface area contributed by atoms with E-state index in [1.54, 1.807) is 18.7 Å². The first kappa shape index (κ1) is 6.80. The van der Waals surface area contributed by atoms with Crippen LogP contribution in [0.15, 0.2) is 18.7 Å². The molecule has 0 radical (unpaired) electrons. The molecule has 1 heterocycles. The SMILES string of the molecule is C/[N+]([O-])=C/Cn1ccnc1. The summed E-state index contributed by atoms with van der Waals surface area (Å²) in [5, 5.41) is 10.4. The summed E-state index contributed by atoms with van der Waals surface area (Å²) in [5.74, 6) is 0. The van der Waals surface area contributed by atoms with Crippen LogP contribution in [0.3, 0.4) is 0 Å². The second-order valence-corrected chi connectivity index (χ2v) is 1.99.